The number of aliphatic imine (C=N–C) groups is 1. The lowest BCUT2D eigenvalue weighted by Gasteiger charge is -2.30. The minimum atomic E-state index is -0.699. The Morgan fingerprint density at radius 3 is 2.63 bits per heavy atom. The van der Waals surface area contributed by atoms with Crippen LogP contribution in [-0.2, 0) is 4.74 Å². The highest BCUT2D eigenvalue weighted by molar-refractivity contribution is 5.79. The van der Waals surface area contributed by atoms with E-state index in [1.54, 1.807) is 7.05 Å². The van der Waals surface area contributed by atoms with Gasteiger partial charge in [0, 0.05) is 32.9 Å². The van der Waals surface area contributed by atoms with Crippen LogP contribution < -0.4 is 15.4 Å². The van der Waals surface area contributed by atoms with E-state index in [1.807, 2.05) is 6.92 Å². The Morgan fingerprint density at radius 2 is 1.96 bits per heavy atom. The van der Waals surface area contributed by atoms with Gasteiger partial charge < -0.3 is 20.1 Å². The van der Waals surface area contributed by atoms with Crippen LogP contribution in [0.25, 0.3) is 0 Å². The van der Waals surface area contributed by atoms with Crippen molar-refractivity contribution in [3.05, 3.63) is 29.8 Å². The van der Waals surface area contributed by atoms with Crippen LogP contribution in [0.4, 0.5) is 8.78 Å². The van der Waals surface area contributed by atoms with E-state index in [9.17, 15) is 8.78 Å². The Balaban J connectivity index is 1.73. The average molecular weight is 383 g/mol. The van der Waals surface area contributed by atoms with Gasteiger partial charge in [-0.2, -0.15) is 0 Å². The summed E-state index contributed by atoms with van der Waals surface area (Å²) in [6, 6.07) is 3.28. The molecule has 0 bridgehead atoms. The summed E-state index contributed by atoms with van der Waals surface area (Å²) in [5.74, 6) is -0.578. The number of hydrogen-bond donors (Lipinski definition) is 2. The molecule has 0 atom stereocenters. The molecule has 2 N–H and O–H groups in total. The van der Waals surface area contributed by atoms with Gasteiger partial charge in [0.1, 0.15) is 12.4 Å². The predicted octanol–water partition coefficient (Wildman–Crippen LogP) is 3.50. The molecule has 152 valence electrons. The number of halogens is 2. The Kier molecular flexibility index (Phi) is 8.78. The SMILES string of the molecule is CCOCCC1(CNC(=NC)NCCOc2ccc(F)cc2F)CCCC1. The summed E-state index contributed by atoms with van der Waals surface area (Å²) < 4.78 is 37.3. The van der Waals surface area contributed by atoms with E-state index in [-0.39, 0.29) is 17.8 Å². The third-order valence-electron chi connectivity index (χ3n) is 5.05. The molecule has 1 aliphatic rings. The Labute approximate surface area is 160 Å². The molecule has 0 heterocycles. The molecule has 0 unspecified atom stereocenters. The monoisotopic (exact) mass is 383 g/mol. The number of hydrogen-bond acceptors (Lipinski definition) is 3. The highest BCUT2D eigenvalue weighted by Gasteiger charge is 2.33. The van der Waals surface area contributed by atoms with Gasteiger partial charge in [0.25, 0.3) is 0 Å². The van der Waals surface area contributed by atoms with E-state index in [2.05, 4.69) is 15.6 Å². The first-order valence-electron chi connectivity index (χ1n) is 9.69. The molecule has 0 aliphatic heterocycles. The average Bonchev–Trinajstić information content (AvgIpc) is 3.12. The van der Waals surface area contributed by atoms with Crippen molar-refractivity contribution in [2.24, 2.45) is 10.4 Å². The van der Waals surface area contributed by atoms with Gasteiger partial charge in [0.2, 0.25) is 0 Å². The first-order chi connectivity index (χ1) is 13.1. The lowest BCUT2D eigenvalue weighted by molar-refractivity contribution is 0.105. The summed E-state index contributed by atoms with van der Waals surface area (Å²) in [5.41, 5.74) is 0.264. The molecular formula is C20H31F2N3O2. The second-order valence-electron chi connectivity index (χ2n) is 6.93. The Hall–Kier alpha value is -1.89. The first-order valence-corrected chi connectivity index (χ1v) is 9.69. The molecule has 1 saturated carbocycles. The topological polar surface area (TPSA) is 54.9 Å². The maximum absolute atomic E-state index is 13.5. The van der Waals surface area contributed by atoms with E-state index < -0.39 is 11.6 Å². The Bertz CT molecular complexity index is 605. The highest BCUT2D eigenvalue weighted by atomic mass is 19.1. The molecular weight excluding hydrogens is 352 g/mol. The molecule has 1 aromatic rings. The van der Waals surface area contributed by atoms with Crippen LogP contribution in [0, 0.1) is 17.0 Å². The fourth-order valence-corrected chi connectivity index (χ4v) is 3.49. The van der Waals surface area contributed by atoms with E-state index in [0.29, 0.717) is 12.5 Å². The largest absolute Gasteiger partial charge is 0.489 e. The quantitative estimate of drug-likeness (QED) is 0.369. The number of guanidine groups is 1. The van der Waals surface area contributed by atoms with Crippen molar-refractivity contribution in [2.75, 3.05) is 40.0 Å². The van der Waals surface area contributed by atoms with Gasteiger partial charge in [-0.1, -0.05) is 12.8 Å². The summed E-state index contributed by atoms with van der Waals surface area (Å²) in [7, 11) is 1.72. The number of nitrogens with one attached hydrogen (secondary N) is 2. The molecule has 27 heavy (non-hydrogen) atoms. The number of ether oxygens (including phenoxy) is 2. The summed E-state index contributed by atoms with van der Waals surface area (Å²) in [4.78, 5) is 4.23. The lowest BCUT2D eigenvalue weighted by Crippen LogP contribution is -2.44. The minimum Gasteiger partial charge on any atom is -0.489 e. The van der Waals surface area contributed by atoms with Crippen LogP contribution in [0.1, 0.15) is 39.0 Å². The third-order valence-corrected chi connectivity index (χ3v) is 5.05. The molecule has 0 amide bonds. The zero-order valence-corrected chi connectivity index (χ0v) is 16.3. The summed E-state index contributed by atoms with van der Waals surface area (Å²) in [5, 5.41) is 6.57. The molecule has 2 rings (SSSR count). The van der Waals surface area contributed by atoms with Crippen molar-refractivity contribution >= 4 is 5.96 Å². The van der Waals surface area contributed by atoms with Crippen molar-refractivity contribution in [3.8, 4) is 5.75 Å². The van der Waals surface area contributed by atoms with Crippen molar-refractivity contribution < 1.29 is 18.3 Å². The predicted molar refractivity (Wildman–Crippen MR) is 103 cm³/mol. The third kappa shape index (κ3) is 6.97. The van der Waals surface area contributed by atoms with E-state index >= 15 is 0 Å². The molecule has 0 spiro atoms. The van der Waals surface area contributed by atoms with E-state index in [1.165, 1.54) is 37.8 Å². The summed E-state index contributed by atoms with van der Waals surface area (Å²) in [6.45, 7) is 5.13. The van der Waals surface area contributed by atoms with Crippen LogP contribution in [0.5, 0.6) is 5.75 Å². The van der Waals surface area contributed by atoms with Crippen molar-refractivity contribution in [2.45, 2.75) is 39.0 Å². The fourth-order valence-electron chi connectivity index (χ4n) is 3.49. The molecule has 1 aliphatic carbocycles. The molecule has 1 aromatic carbocycles. The molecule has 1 fully saturated rings. The van der Waals surface area contributed by atoms with Gasteiger partial charge in [-0.15, -0.1) is 0 Å². The zero-order chi connectivity index (χ0) is 19.5. The maximum Gasteiger partial charge on any atom is 0.191 e. The Morgan fingerprint density at radius 1 is 1.19 bits per heavy atom. The molecule has 0 radical (unpaired) electrons. The van der Waals surface area contributed by atoms with E-state index in [4.69, 9.17) is 9.47 Å². The van der Waals surface area contributed by atoms with Crippen LogP contribution in [-0.4, -0.2) is 45.9 Å². The van der Waals surface area contributed by atoms with Crippen LogP contribution in [0.3, 0.4) is 0 Å². The lowest BCUT2D eigenvalue weighted by atomic mass is 9.83. The van der Waals surface area contributed by atoms with Gasteiger partial charge in [0.15, 0.2) is 17.5 Å². The molecule has 7 heteroatoms. The van der Waals surface area contributed by atoms with Crippen LogP contribution in [0.2, 0.25) is 0 Å². The van der Waals surface area contributed by atoms with Crippen LogP contribution in [0.15, 0.2) is 23.2 Å². The standard InChI is InChI=1S/C20H31F2N3O2/c1-3-26-12-10-20(8-4-5-9-20)15-25-19(23-2)24-11-13-27-18-7-6-16(21)14-17(18)22/h6-7,14H,3-5,8-13,15H2,1-2H3,(H2,23,24,25). The summed E-state index contributed by atoms with van der Waals surface area (Å²) in [6.07, 6.45) is 5.99. The number of rotatable bonds is 10. The second-order valence-corrected chi connectivity index (χ2v) is 6.93. The number of nitrogens with zero attached hydrogens (tertiary/aromatic N) is 1. The van der Waals surface area contributed by atoms with Gasteiger partial charge in [0.05, 0.1) is 6.54 Å². The second kappa shape index (κ2) is 11.1. The molecule has 0 aromatic heterocycles. The van der Waals surface area contributed by atoms with Gasteiger partial charge in [-0.3, -0.25) is 4.99 Å². The number of benzene rings is 1. The van der Waals surface area contributed by atoms with E-state index in [0.717, 1.165) is 32.2 Å². The molecule has 5 nitrogen and oxygen atoms in total. The normalized spacial score (nSPS) is 16.4. The summed E-state index contributed by atoms with van der Waals surface area (Å²) >= 11 is 0. The van der Waals surface area contributed by atoms with Gasteiger partial charge in [-0.05, 0) is 43.7 Å². The smallest absolute Gasteiger partial charge is 0.191 e. The van der Waals surface area contributed by atoms with Crippen molar-refractivity contribution in [1.82, 2.24) is 10.6 Å². The fraction of sp³-hybridized carbons (Fsp3) is 0.650. The first kappa shape index (κ1) is 21.4. The molecule has 0 saturated heterocycles. The van der Waals surface area contributed by atoms with Gasteiger partial charge >= 0.3 is 0 Å². The van der Waals surface area contributed by atoms with Crippen LogP contribution >= 0.6 is 0 Å². The maximum atomic E-state index is 13.5. The van der Waals surface area contributed by atoms with Crippen molar-refractivity contribution in [1.29, 1.82) is 0 Å². The highest BCUT2D eigenvalue weighted by Crippen LogP contribution is 2.40. The zero-order valence-electron chi connectivity index (χ0n) is 16.3. The van der Waals surface area contributed by atoms with Gasteiger partial charge in [-0.25, -0.2) is 8.78 Å². The van der Waals surface area contributed by atoms with Crippen molar-refractivity contribution in [3.63, 3.8) is 0 Å². The minimum absolute atomic E-state index is 0.0435.